The molecule has 0 aromatic heterocycles. The lowest BCUT2D eigenvalue weighted by Crippen LogP contribution is -2.12. The van der Waals surface area contributed by atoms with Crippen molar-refractivity contribution in [1.82, 2.24) is 0 Å². The fourth-order valence-corrected chi connectivity index (χ4v) is 1.91. The minimum absolute atomic E-state index is 0.281. The summed E-state index contributed by atoms with van der Waals surface area (Å²) < 4.78 is 0. The van der Waals surface area contributed by atoms with Crippen LogP contribution < -0.4 is 4.90 Å². The standard InChI is InChI=1S/C11H12N2O/c1-13-7-5-9-10(13)3-2-8(4-6-12)11(9)14/h2-3,14H,4-5,7H2,1H3. The molecule has 0 spiro atoms. The van der Waals surface area contributed by atoms with Crippen LogP contribution in [0.2, 0.25) is 0 Å². The van der Waals surface area contributed by atoms with Crippen LogP contribution in [-0.4, -0.2) is 18.7 Å². The summed E-state index contributed by atoms with van der Waals surface area (Å²) in [7, 11) is 2.01. The predicted molar refractivity (Wildman–Crippen MR) is 54.4 cm³/mol. The minimum atomic E-state index is 0.281. The van der Waals surface area contributed by atoms with E-state index in [1.165, 1.54) is 0 Å². The molecule has 3 nitrogen and oxygen atoms in total. The lowest BCUT2D eigenvalue weighted by atomic mass is 10.0. The van der Waals surface area contributed by atoms with Gasteiger partial charge in [0.2, 0.25) is 0 Å². The molecule has 0 fully saturated rings. The number of hydrogen-bond donors (Lipinski definition) is 1. The van der Waals surface area contributed by atoms with Crippen LogP contribution in [0.3, 0.4) is 0 Å². The zero-order valence-electron chi connectivity index (χ0n) is 8.12. The van der Waals surface area contributed by atoms with Gasteiger partial charge in [-0.3, -0.25) is 0 Å². The molecule has 3 heteroatoms. The summed E-state index contributed by atoms with van der Waals surface area (Å²) in [6, 6.07) is 5.87. The zero-order valence-corrected chi connectivity index (χ0v) is 8.12. The highest BCUT2D eigenvalue weighted by molar-refractivity contribution is 5.64. The van der Waals surface area contributed by atoms with E-state index in [4.69, 9.17) is 5.26 Å². The number of phenols is 1. The second kappa shape index (κ2) is 3.22. The molecule has 1 heterocycles. The van der Waals surface area contributed by atoms with Crippen LogP contribution in [0, 0.1) is 11.3 Å². The van der Waals surface area contributed by atoms with Crippen LogP contribution in [0.5, 0.6) is 5.75 Å². The van der Waals surface area contributed by atoms with E-state index in [0.717, 1.165) is 29.8 Å². The second-order valence-electron chi connectivity index (χ2n) is 3.58. The first-order chi connectivity index (χ1) is 6.74. The first kappa shape index (κ1) is 8.89. The van der Waals surface area contributed by atoms with Crippen molar-refractivity contribution >= 4 is 5.69 Å². The van der Waals surface area contributed by atoms with Crippen LogP contribution in [0.25, 0.3) is 0 Å². The maximum absolute atomic E-state index is 9.88. The Labute approximate surface area is 83.2 Å². The van der Waals surface area contributed by atoms with Gasteiger partial charge in [0, 0.05) is 30.4 Å². The van der Waals surface area contributed by atoms with E-state index in [1.807, 2.05) is 19.2 Å². The number of nitriles is 1. The van der Waals surface area contributed by atoms with Gasteiger partial charge < -0.3 is 10.0 Å². The van der Waals surface area contributed by atoms with Crippen LogP contribution in [0.15, 0.2) is 12.1 Å². The lowest BCUT2D eigenvalue weighted by Gasteiger charge is -2.12. The van der Waals surface area contributed by atoms with Gasteiger partial charge in [0.1, 0.15) is 5.75 Å². The van der Waals surface area contributed by atoms with Gasteiger partial charge in [0.05, 0.1) is 12.5 Å². The molecule has 0 atom stereocenters. The number of likely N-dealkylation sites (N-methyl/N-ethyl adjacent to an activating group) is 1. The van der Waals surface area contributed by atoms with E-state index in [0.29, 0.717) is 5.75 Å². The predicted octanol–water partition coefficient (Wildman–Crippen LogP) is 1.45. The molecule has 0 amide bonds. The number of nitrogens with zero attached hydrogens (tertiary/aromatic N) is 2. The Morgan fingerprint density at radius 2 is 2.36 bits per heavy atom. The number of aromatic hydroxyl groups is 1. The SMILES string of the molecule is CN1CCc2c1ccc(CC#N)c2O. The fraction of sp³-hybridized carbons (Fsp3) is 0.364. The Morgan fingerprint density at radius 3 is 3.07 bits per heavy atom. The van der Waals surface area contributed by atoms with Crippen molar-refractivity contribution in [2.45, 2.75) is 12.8 Å². The topological polar surface area (TPSA) is 47.3 Å². The Bertz CT molecular complexity index is 406. The van der Waals surface area contributed by atoms with Gasteiger partial charge in [-0.1, -0.05) is 6.07 Å². The third-order valence-corrected chi connectivity index (χ3v) is 2.72. The molecule has 1 aromatic carbocycles. The minimum Gasteiger partial charge on any atom is -0.507 e. The summed E-state index contributed by atoms with van der Waals surface area (Å²) in [6.45, 7) is 0.943. The van der Waals surface area contributed by atoms with E-state index in [1.54, 1.807) is 0 Å². The van der Waals surface area contributed by atoms with Gasteiger partial charge in [-0.15, -0.1) is 0 Å². The number of benzene rings is 1. The number of phenolic OH excluding ortho intramolecular Hbond substituents is 1. The highest BCUT2D eigenvalue weighted by atomic mass is 16.3. The third kappa shape index (κ3) is 1.20. The molecule has 2 rings (SSSR count). The van der Waals surface area contributed by atoms with Crippen molar-refractivity contribution in [3.8, 4) is 11.8 Å². The highest BCUT2D eigenvalue weighted by Crippen LogP contribution is 2.36. The summed E-state index contributed by atoms with van der Waals surface area (Å²) in [5.41, 5.74) is 2.81. The fourth-order valence-electron chi connectivity index (χ4n) is 1.91. The Balaban J connectivity index is 2.48. The molecule has 0 saturated heterocycles. The molecule has 14 heavy (non-hydrogen) atoms. The maximum atomic E-state index is 9.88. The molecule has 0 saturated carbocycles. The molecule has 0 aliphatic carbocycles. The Morgan fingerprint density at radius 1 is 1.57 bits per heavy atom. The average molecular weight is 188 g/mol. The number of hydrogen-bond acceptors (Lipinski definition) is 3. The van der Waals surface area contributed by atoms with Gasteiger partial charge in [-0.2, -0.15) is 5.26 Å². The molecular formula is C11H12N2O. The summed E-state index contributed by atoms with van der Waals surface area (Å²) in [5, 5.41) is 18.5. The summed E-state index contributed by atoms with van der Waals surface area (Å²) >= 11 is 0. The molecule has 1 aliphatic heterocycles. The van der Waals surface area contributed by atoms with E-state index < -0.39 is 0 Å². The van der Waals surface area contributed by atoms with Gasteiger partial charge in [0.15, 0.2) is 0 Å². The van der Waals surface area contributed by atoms with E-state index in [-0.39, 0.29) is 6.42 Å². The summed E-state index contributed by atoms with van der Waals surface area (Å²) in [4.78, 5) is 2.12. The highest BCUT2D eigenvalue weighted by Gasteiger charge is 2.20. The van der Waals surface area contributed by atoms with E-state index in [9.17, 15) is 5.11 Å². The normalized spacial score (nSPS) is 13.9. The number of anilines is 1. The van der Waals surface area contributed by atoms with Crippen molar-refractivity contribution in [3.05, 3.63) is 23.3 Å². The van der Waals surface area contributed by atoms with Crippen LogP contribution in [0.4, 0.5) is 5.69 Å². The van der Waals surface area contributed by atoms with Crippen molar-refractivity contribution in [2.24, 2.45) is 0 Å². The van der Waals surface area contributed by atoms with Crippen molar-refractivity contribution in [2.75, 3.05) is 18.5 Å². The number of rotatable bonds is 1. The van der Waals surface area contributed by atoms with Crippen molar-refractivity contribution < 1.29 is 5.11 Å². The third-order valence-electron chi connectivity index (χ3n) is 2.72. The monoisotopic (exact) mass is 188 g/mol. The Hall–Kier alpha value is -1.69. The molecule has 72 valence electrons. The maximum Gasteiger partial charge on any atom is 0.125 e. The number of fused-ring (bicyclic) bond motifs is 1. The van der Waals surface area contributed by atoms with Crippen molar-refractivity contribution in [3.63, 3.8) is 0 Å². The van der Waals surface area contributed by atoms with E-state index in [2.05, 4.69) is 11.0 Å². The zero-order chi connectivity index (χ0) is 10.1. The van der Waals surface area contributed by atoms with Gasteiger partial charge in [-0.25, -0.2) is 0 Å². The second-order valence-corrected chi connectivity index (χ2v) is 3.58. The molecule has 0 radical (unpaired) electrons. The van der Waals surface area contributed by atoms with Gasteiger partial charge >= 0.3 is 0 Å². The van der Waals surface area contributed by atoms with Crippen LogP contribution in [-0.2, 0) is 12.8 Å². The molecule has 1 N–H and O–H groups in total. The summed E-state index contributed by atoms with van der Waals surface area (Å²) in [6.07, 6.45) is 1.15. The molecule has 1 aromatic rings. The molecule has 0 unspecified atom stereocenters. The largest absolute Gasteiger partial charge is 0.507 e. The van der Waals surface area contributed by atoms with Crippen molar-refractivity contribution in [1.29, 1.82) is 5.26 Å². The van der Waals surface area contributed by atoms with E-state index >= 15 is 0 Å². The van der Waals surface area contributed by atoms with Gasteiger partial charge in [0.25, 0.3) is 0 Å². The smallest absolute Gasteiger partial charge is 0.125 e. The van der Waals surface area contributed by atoms with Crippen LogP contribution >= 0.6 is 0 Å². The quantitative estimate of drug-likeness (QED) is 0.725. The first-order valence-electron chi connectivity index (χ1n) is 4.66. The van der Waals surface area contributed by atoms with Crippen LogP contribution in [0.1, 0.15) is 11.1 Å². The summed E-state index contributed by atoms with van der Waals surface area (Å²) in [5.74, 6) is 0.313. The Kier molecular flexibility index (Phi) is 2.05. The van der Waals surface area contributed by atoms with Gasteiger partial charge in [-0.05, 0) is 12.5 Å². The first-order valence-corrected chi connectivity index (χ1v) is 4.66. The molecule has 0 bridgehead atoms. The lowest BCUT2D eigenvalue weighted by molar-refractivity contribution is 0.465. The average Bonchev–Trinajstić information content (AvgIpc) is 2.54. The molecule has 1 aliphatic rings. The molecular weight excluding hydrogens is 176 g/mol.